The van der Waals surface area contributed by atoms with E-state index in [1.165, 1.54) is 23.1 Å². The van der Waals surface area contributed by atoms with Crippen molar-refractivity contribution in [3.05, 3.63) is 64.7 Å². The van der Waals surface area contributed by atoms with Crippen LogP contribution in [0.3, 0.4) is 0 Å². The summed E-state index contributed by atoms with van der Waals surface area (Å²) in [5.41, 5.74) is 7.58. The molecule has 0 saturated carbocycles. The van der Waals surface area contributed by atoms with Gasteiger partial charge in [-0.2, -0.15) is 10.4 Å². The van der Waals surface area contributed by atoms with E-state index in [0.29, 0.717) is 22.5 Å². The highest BCUT2D eigenvalue weighted by Gasteiger charge is 2.20. The lowest BCUT2D eigenvalue weighted by atomic mass is 10.0. The molecule has 3 aromatic heterocycles. The number of rotatable bonds is 4. The zero-order chi connectivity index (χ0) is 21.4. The number of nitriles is 1. The first-order valence-electron chi connectivity index (χ1n) is 8.65. The molecule has 8 nitrogen and oxygen atoms in total. The van der Waals surface area contributed by atoms with Gasteiger partial charge in [-0.15, -0.1) is 0 Å². The summed E-state index contributed by atoms with van der Waals surface area (Å²) in [5, 5.41) is 17.2. The normalized spacial score (nSPS) is 12.0. The molecule has 0 aliphatic heterocycles. The molecule has 150 valence electrons. The molecule has 0 unspecified atom stereocenters. The molecule has 0 amide bonds. The van der Waals surface area contributed by atoms with Crippen molar-refractivity contribution in [2.24, 2.45) is 0 Å². The van der Waals surface area contributed by atoms with E-state index in [1.807, 2.05) is 6.07 Å². The summed E-state index contributed by atoms with van der Waals surface area (Å²) < 4.78 is 28.7. The fraction of sp³-hybridized carbons (Fsp3) is 0.105. The van der Waals surface area contributed by atoms with E-state index in [9.17, 15) is 14.0 Å². The quantitative estimate of drug-likeness (QED) is 0.510. The number of aromatic nitrogens is 5. The second-order valence-corrected chi connectivity index (χ2v) is 6.78. The summed E-state index contributed by atoms with van der Waals surface area (Å²) in [4.78, 5) is 12.1. The summed E-state index contributed by atoms with van der Waals surface area (Å²) in [6, 6.07) is 6.69. The van der Waals surface area contributed by atoms with Gasteiger partial charge in [-0.3, -0.25) is 0 Å². The van der Waals surface area contributed by atoms with E-state index in [2.05, 4.69) is 25.4 Å². The number of hydrogen-bond acceptors (Lipinski definition) is 7. The predicted molar refractivity (Wildman–Crippen MR) is 107 cm³/mol. The molecule has 11 heteroatoms. The maximum Gasteiger partial charge on any atom is 0.159 e. The van der Waals surface area contributed by atoms with Gasteiger partial charge in [0.05, 0.1) is 17.9 Å². The number of hydrogen-bond donors (Lipinski definition) is 2. The van der Waals surface area contributed by atoms with Crippen molar-refractivity contribution in [3.63, 3.8) is 0 Å². The van der Waals surface area contributed by atoms with Gasteiger partial charge in [0, 0.05) is 11.1 Å². The first kappa shape index (κ1) is 19.5. The van der Waals surface area contributed by atoms with Crippen molar-refractivity contribution in [1.29, 1.82) is 5.26 Å². The molecule has 1 atom stereocenters. The topological polar surface area (TPSA) is 118 Å². The summed E-state index contributed by atoms with van der Waals surface area (Å²) in [6.45, 7) is 1.79. The van der Waals surface area contributed by atoms with E-state index in [0.717, 1.165) is 12.1 Å². The van der Waals surface area contributed by atoms with Crippen LogP contribution in [-0.4, -0.2) is 24.6 Å². The molecule has 1 aromatic carbocycles. The van der Waals surface area contributed by atoms with Crippen LogP contribution in [0, 0.1) is 23.0 Å². The van der Waals surface area contributed by atoms with Crippen LogP contribution >= 0.6 is 11.6 Å². The number of nitrogens with one attached hydrogen (secondary N) is 1. The molecule has 0 aliphatic carbocycles. The fourth-order valence-electron chi connectivity index (χ4n) is 3.00. The van der Waals surface area contributed by atoms with Crippen LogP contribution in [0.25, 0.3) is 16.9 Å². The number of benzene rings is 1. The van der Waals surface area contributed by atoms with E-state index < -0.39 is 17.7 Å². The number of fused-ring (bicyclic) bond motifs is 1. The maximum absolute atomic E-state index is 13.9. The van der Waals surface area contributed by atoms with Crippen LogP contribution in [0.4, 0.5) is 20.4 Å². The highest BCUT2D eigenvalue weighted by molar-refractivity contribution is 6.29. The Morgan fingerprint density at radius 3 is 2.73 bits per heavy atom. The minimum absolute atomic E-state index is 0.0386. The van der Waals surface area contributed by atoms with E-state index >= 15 is 0 Å². The Balaban J connectivity index is 1.86. The molecule has 0 bridgehead atoms. The average Bonchev–Trinajstić information content (AvgIpc) is 3.09. The molecular weight excluding hydrogens is 414 g/mol. The Bertz CT molecular complexity index is 1310. The summed E-state index contributed by atoms with van der Waals surface area (Å²) in [6.07, 6.45) is 2.66. The van der Waals surface area contributed by atoms with Gasteiger partial charge >= 0.3 is 0 Å². The van der Waals surface area contributed by atoms with Gasteiger partial charge in [-0.05, 0) is 31.2 Å². The third kappa shape index (κ3) is 3.35. The van der Waals surface area contributed by atoms with Crippen LogP contribution < -0.4 is 11.1 Å². The largest absolute Gasteiger partial charge is 0.382 e. The highest BCUT2D eigenvalue weighted by atomic mass is 35.5. The molecule has 3 heterocycles. The Labute approximate surface area is 174 Å². The molecular formula is C19H13ClF2N8. The number of anilines is 2. The third-order valence-electron chi connectivity index (χ3n) is 4.48. The number of nitrogen functional groups attached to an aromatic ring is 1. The SMILES string of the molecule is C[C@H](Nc1ncnc(N)c1C#N)c1cc2ncc(Cl)n2nc1-c1ccc(F)c(F)c1. The number of nitrogens with two attached hydrogens (primary N) is 1. The van der Waals surface area contributed by atoms with Gasteiger partial charge in [0.2, 0.25) is 0 Å². The minimum atomic E-state index is -1.01. The van der Waals surface area contributed by atoms with Gasteiger partial charge in [0.1, 0.15) is 29.6 Å². The fourth-order valence-corrected chi connectivity index (χ4v) is 3.17. The van der Waals surface area contributed by atoms with Crippen LogP contribution in [0.5, 0.6) is 0 Å². The van der Waals surface area contributed by atoms with Crippen molar-refractivity contribution < 1.29 is 8.78 Å². The standard InChI is InChI=1S/C19H13ClF2N8/c1-9(28-19-12(6-23)18(24)26-8-27-19)11-5-16-25-7-15(20)30(16)29-17(11)10-2-3-13(21)14(22)4-10/h2-5,7-9H,1H3,(H3,24,26,27,28)/t9-/m0/s1. The van der Waals surface area contributed by atoms with Gasteiger partial charge in [-0.25, -0.2) is 28.2 Å². The predicted octanol–water partition coefficient (Wildman–Crippen LogP) is 3.74. The lowest BCUT2D eigenvalue weighted by molar-refractivity contribution is 0.509. The lowest BCUT2D eigenvalue weighted by Crippen LogP contribution is -2.14. The second-order valence-electron chi connectivity index (χ2n) is 6.39. The van der Waals surface area contributed by atoms with Gasteiger partial charge in [-0.1, -0.05) is 11.6 Å². The Kier molecular flexibility index (Phi) is 4.89. The minimum Gasteiger partial charge on any atom is -0.382 e. The van der Waals surface area contributed by atoms with Crippen LogP contribution in [0.1, 0.15) is 24.1 Å². The van der Waals surface area contributed by atoms with E-state index in [4.69, 9.17) is 17.3 Å². The Hall–Kier alpha value is -3.84. The molecule has 0 fully saturated rings. The molecule has 3 N–H and O–H groups in total. The molecule has 0 saturated heterocycles. The zero-order valence-electron chi connectivity index (χ0n) is 15.4. The smallest absolute Gasteiger partial charge is 0.159 e. The molecule has 4 rings (SSSR count). The van der Waals surface area contributed by atoms with Crippen molar-refractivity contribution in [1.82, 2.24) is 24.6 Å². The molecule has 0 aliphatic rings. The summed E-state index contributed by atoms with van der Waals surface area (Å²) >= 11 is 6.13. The highest BCUT2D eigenvalue weighted by Crippen LogP contribution is 2.31. The Morgan fingerprint density at radius 2 is 2.00 bits per heavy atom. The van der Waals surface area contributed by atoms with Crippen LogP contribution in [0.15, 0.2) is 36.8 Å². The molecule has 0 spiro atoms. The first-order valence-corrected chi connectivity index (χ1v) is 9.03. The summed E-state index contributed by atoms with van der Waals surface area (Å²) in [5.74, 6) is -1.71. The number of halogens is 3. The van der Waals surface area contributed by atoms with Crippen molar-refractivity contribution in [2.75, 3.05) is 11.1 Å². The van der Waals surface area contributed by atoms with Crippen molar-refractivity contribution in [3.8, 4) is 17.3 Å². The van der Waals surface area contributed by atoms with Gasteiger partial charge in [0.15, 0.2) is 22.4 Å². The maximum atomic E-state index is 13.9. The second kappa shape index (κ2) is 7.53. The van der Waals surface area contributed by atoms with Crippen molar-refractivity contribution >= 4 is 28.9 Å². The summed E-state index contributed by atoms with van der Waals surface area (Å²) in [7, 11) is 0. The number of imidazole rings is 1. The van der Waals surface area contributed by atoms with Crippen LogP contribution in [-0.2, 0) is 0 Å². The lowest BCUT2D eigenvalue weighted by Gasteiger charge is -2.19. The molecule has 30 heavy (non-hydrogen) atoms. The van der Waals surface area contributed by atoms with Crippen LogP contribution in [0.2, 0.25) is 5.15 Å². The van der Waals surface area contributed by atoms with Crippen molar-refractivity contribution in [2.45, 2.75) is 13.0 Å². The molecule has 4 aromatic rings. The van der Waals surface area contributed by atoms with Gasteiger partial charge in [0.25, 0.3) is 0 Å². The third-order valence-corrected chi connectivity index (χ3v) is 4.74. The Morgan fingerprint density at radius 1 is 1.20 bits per heavy atom. The first-order chi connectivity index (χ1) is 14.4. The number of nitrogens with zero attached hydrogens (tertiary/aromatic N) is 6. The van der Waals surface area contributed by atoms with E-state index in [1.54, 1.807) is 13.0 Å². The monoisotopic (exact) mass is 426 g/mol. The molecule has 0 radical (unpaired) electrons. The van der Waals surface area contributed by atoms with E-state index in [-0.39, 0.29) is 22.4 Å². The zero-order valence-corrected chi connectivity index (χ0v) is 16.2. The van der Waals surface area contributed by atoms with Gasteiger partial charge < -0.3 is 11.1 Å². The average molecular weight is 427 g/mol.